The summed E-state index contributed by atoms with van der Waals surface area (Å²) in [5.41, 5.74) is 2.42. The summed E-state index contributed by atoms with van der Waals surface area (Å²) in [5, 5.41) is 5.94. The van der Waals surface area contributed by atoms with Crippen LogP contribution in [0.2, 0.25) is 0 Å². The lowest BCUT2D eigenvalue weighted by atomic mass is 10.1. The zero-order valence-corrected chi connectivity index (χ0v) is 10.5. The highest BCUT2D eigenvalue weighted by molar-refractivity contribution is 5.81. The molecule has 0 bridgehead atoms. The first kappa shape index (κ1) is 13.5. The van der Waals surface area contributed by atoms with Gasteiger partial charge in [-0.2, -0.15) is 0 Å². The SMILES string of the molecule is C=CCNC(=O)C(C)NCc1ccc(C)cc1. The van der Waals surface area contributed by atoms with Crippen molar-refractivity contribution in [3.05, 3.63) is 48.0 Å². The molecule has 0 fully saturated rings. The van der Waals surface area contributed by atoms with Gasteiger partial charge in [-0.1, -0.05) is 35.9 Å². The maximum atomic E-state index is 11.6. The molecule has 1 rings (SSSR count). The summed E-state index contributed by atoms with van der Waals surface area (Å²) in [7, 11) is 0. The van der Waals surface area contributed by atoms with Gasteiger partial charge in [-0.05, 0) is 19.4 Å². The molecule has 0 saturated carbocycles. The lowest BCUT2D eigenvalue weighted by Gasteiger charge is -2.13. The first-order chi connectivity index (χ1) is 8.13. The number of aryl methyl sites for hydroxylation is 1. The molecule has 0 aliphatic heterocycles. The van der Waals surface area contributed by atoms with Crippen molar-refractivity contribution in [2.45, 2.75) is 26.4 Å². The van der Waals surface area contributed by atoms with Crippen LogP contribution in [0.25, 0.3) is 0 Å². The van der Waals surface area contributed by atoms with Crippen molar-refractivity contribution in [1.82, 2.24) is 10.6 Å². The van der Waals surface area contributed by atoms with Crippen molar-refractivity contribution in [3.8, 4) is 0 Å². The molecule has 0 aliphatic rings. The maximum Gasteiger partial charge on any atom is 0.237 e. The fourth-order valence-electron chi connectivity index (χ4n) is 1.40. The molecule has 0 aliphatic carbocycles. The lowest BCUT2D eigenvalue weighted by molar-refractivity contribution is -0.122. The topological polar surface area (TPSA) is 41.1 Å². The molecule has 1 aromatic carbocycles. The van der Waals surface area contributed by atoms with E-state index in [0.717, 1.165) is 0 Å². The average Bonchev–Trinajstić information content (AvgIpc) is 2.34. The molecule has 1 unspecified atom stereocenters. The summed E-state index contributed by atoms with van der Waals surface area (Å²) >= 11 is 0. The third-order valence-corrected chi connectivity index (χ3v) is 2.55. The number of amides is 1. The van der Waals surface area contributed by atoms with Crippen molar-refractivity contribution >= 4 is 5.91 Å². The number of carbonyl (C=O) groups excluding carboxylic acids is 1. The van der Waals surface area contributed by atoms with Gasteiger partial charge in [0.05, 0.1) is 6.04 Å². The fraction of sp³-hybridized carbons (Fsp3) is 0.357. The first-order valence-electron chi connectivity index (χ1n) is 5.81. The van der Waals surface area contributed by atoms with Gasteiger partial charge in [-0.25, -0.2) is 0 Å². The van der Waals surface area contributed by atoms with Gasteiger partial charge in [0.25, 0.3) is 0 Å². The van der Waals surface area contributed by atoms with E-state index in [-0.39, 0.29) is 11.9 Å². The Hall–Kier alpha value is -1.61. The fourth-order valence-corrected chi connectivity index (χ4v) is 1.40. The molecule has 17 heavy (non-hydrogen) atoms. The number of rotatable bonds is 6. The Balaban J connectivity index is 2.37. The summed E-state index contributed by atoms with van der Waals surface area (Å²) in [4.78, 5) is 11.6. The van der Waals surface area contributed by atoms with E-state index in [2.05, 4.69) is 48.4 Å². The Morgan fingerprint density at radius 2 is 2.06 bits per heavy atom. The minimum atomic E-state index is -0.198. The zero-order chi connectivity index (χ0) is 12.7. The van der Waals surface area contributed by atoms with Crippen LogP contribution in [0.15, 0.2) is 36.9 Å². The second-order valence-corrected chi connectivity index (χ2v) is 4.12. The number of nitrogens with one attached hydrogen (secondary N) is 2. The normalized spacial score (nSPS) is 11.9. The van der Waals surface area contributed by atoms with Crippen LogP contribution in [-0.4, -0.2) is 18.5 Å². The van der Waals surface area contributed by atoms with Gasteiger partial charge < -0.3 is 10.6 Å². The summed E-state index contributed by atoms with van der Waals surface area (Å²) in [6.45, 7) is 8.68. The van der Waals surface area contributed by atoms with E-state index in [1.807, 2.05) is 6.92 Å². The maximum absolute atomic E-state index is 11.6. The molecule has 2 N–H and O–H groups in total. The zero-order valence-electron chi connectivity index (χ0n) is 10.5. The molecular formula is C14H20N2O. The summed E-state index contributed by atoms with van der Waals surface area (Å²) in [6.07, 6.45) is 1.67. The highest BCUT2D eigenvalue weighted by Crippen LogP contribution is 2.02. The van der Waals surface area contributed by atoms with Gasteiger partial charge in [0.1, 0.15) is 0 Å². The Morgan fingerprint density at radius 1 is 1.41 bits per heavy atom. The lowest BCUT2D eigenvalue weighted by Crippen LogP contribution is -2.41. The molecule has 0 radical (unpaired) electrons. The van der Waals surface area contributed by atoms with Crippen LogP contribution >= 0.6 is 0 Å². The van der Waals surface area contributed by atoms with Crippen molar-refractivity contribution in [2.24, 2.45) is 0 Å². The highest BCUT2D eigenvalue weighted by atomic mass is 16.2. The quantitative estimate of drug-likeness (QED) is 0.734. The predicted octanol–water partition coefficient (Wildman–Crippen LogP) is 1.78. The molecule has 0 aromatic heterocycles. The molecule has 0 saturated heterocycles. The van der Waals surface area contributed by atoms with Crippen LogP contribution in [0, 0.1) is 6.92 Å². The van der Waals surface area contributed by atoms with Gasteiger partial charge in [-0.3, -0.25) is 4.79 Å². The Kier molecular flexibility index (Phi) is 5.43. The number of benzene rings is 1. The van der Waals surface area contributed by atoms with Gasteiger partial charge in [0.2, 0.25) is 5.91 Å². The molecule has 0 heterocycles. The Labute approximate surface area is 103 Å². The van der Waals surface area contributed by atoms with Crippen LogP contribution in [-0.2, 0) is 11.3 Å². The smallest absolute Gasteiger partial charge is 0.237 e. The predicted molar refractivity (Wildman–Crippen MR) is 70.7 cm³/mol. The standard InChI is InChI=1S/C14H20N2O/c1-4-9-15-14(17)12(3)16-10-13-7-5-11(2)6-8-13/h4-8,12,16H,1,9-10H2,2-3H3,(H,15,17). The van der Waals surface area contributed by atoms with Crippen molar-refractivity contribution < 1.29 is 4.79 Å². The minimum Gasteiger partial charge on any atom is -0.351 e. The van der Waals surface area contributed by atoms with Crippen LogP contribution in [0.5, 0.6) is 0 Å². The first-order valence-corrected chi connectivity index (χ1v) is 5.81. The second kappa shape index (κ2) is 6.86. The van der Waals surface area contributed by atoms with Crippen molar-refractivity contribution in [2.75, 3.05) is 6.54 Å². The summed E-state index contributed by atoms with van der Waals surface area (Å²) < 4.78 is 0. The van der Waals surface area contributed by atoms with Crippen molar-refractivity contribution in [1.29, 1.82) is 0 Å². The third-order valence-electron chi connectivity index (χ3n) is 2.55. The molecule has 0 spiro atoms. The molecule has 92 valence electrons. The van der Waals surface area contributed by atoms with Gasteiger partial charge in [-0.15, -0.1) is 6.58 Å². The van der Waals surface area contributed by atoms with E-state index in [0.29, 0.717) is 13.1 Å². The highest BCUT2D eigenvalue weighted by Gasteiger charge is 2.10. The van der Waals surface area contributed by atoms with Gasteiger partial charge >= 0.3 is 0 Å². The molecule has 1 aromatic rings. The van der Waals surface area contributed by atoms with E-state index in [1.165, 1.54) is 11.1 Å². The van der Waals surface area contributed by atoms with Crippen LogP contribution < -0.4 is 10.6 Å². The Bertz CT molecular complexity index is 370. The van der Waals surface area contributed by atoms with Crippen LogP contribution in [0.1, 0.15) is 18.1 Å². The molecular weight excluding hydrogens is 212 g/mol. The molecule has 3 nitrogen and oxygen atoms in total. The minimum absolute atomic E-state index is 0.00277. The average molecular weight is 232 g/mol. The van der Waals surface area contributed by atoms with E-state index >= 15 is 0 Å². The van der Waals surface area contributed by atoms with Gasteiger partial charge in [0, 0.05) is 13.1 Å². The van der Waals surface area contributed by atoms with E-state index in [9.17, 15) is 4.79 Å². The van der Waals surface area contributed by atoms with Crippen LogP contribution in [0.4, 0.5) is 0 Å². The molecule has 3 heteroatoms. The van der Waals surface area contributed by atoms with Crippen LogP contribution in [0.3, 0.4) is 0 Å². The van der Waals surface area contributed by atoms with Gasteiger partial charge in [0.15, 0.2) is 0 Å². The van der Waals surface area contributed by atoms with E-state index in [1.54, 1.807) is 6.08 Å². The van der Waals surface area contributed by atoms with E-state index in [4.69, 9.17) is 0 Å². The van der Waals surface area contributed by atoms with Crippen molar-refractivity contribution in [3.63, 3.8) is 0 Å². The molecule has 1 amide bonds. The largest absolute Gasteiger partial charge is 0.351 e. The third kappa shape index (κ3) is 4.83. The number of hydrogen-bond donors (Lipinski definition) is 2. The monoisotopic (exact) mass is 232 g/mol. The second-order valence-electron chi connectivity index (χ2n) is 4.12. The number of carbonyl (C=O) groups is 1. The summed E-state index contributed by atoms with van der Waals surface area (Å²) in [5.74, 6) is -0.00277. The summed E-state index contributed by atoms with van der Waals surface area (Å²) in [6, 6.07) is 8.07. The number of hydrogen-bond acceptors (Lipinski definition) is 2. The Morgan fingerprint density at radius 3 is 2.65 bits per heavy atom. The van der Waals surface area contributed by atoms with E-state index < -0.39 is 0 Å². The molecule has 1 atom stereocenters.